The Morgan fingerprint density at radius 2 is 1.77 bits per heavy atom. The van der Waals surface area contributed by atoms with Crippen molar-refractivity contribution >= 4 is 11.8 Å². The molecule has 0 aliphatic rings. The quantitative estimate of drug-likeness (QED) is 0.823. The first kappa shape index (κ1) is 19.4. The van der Waals surface area contributed by atoms with Gasteiger partial charge in [0.1, 0.15) is 11.9 Å². The molecule has 138 valence electrons. The lowest BCUT2D eigenvalue weighted by Gasteiger charge is -2.28. The number of halogens is 2. The number of hydrogen-bond donors (Lipinski definition) is 1. The van der Waals surface area contributed by atoms with Crippen LogP contribution in [-0.2, 0) is 16.1 Å². The fourth-order valence-electron chi connectivity index (χ4n) is 2.36. The van der Waals surface area contributed by atoms with E-state index in [4.69, 9.17) is 4.74 Å². The van der Waals surface area contributed by atoms with Crippen LogP contribution in [-0.4, -0.2) is 36.4 Å². The zero-order valence-corrected chi connectivity index (χ0v) is 14.5. The van der Waals surface area contributed by atoms with Crippen LogP contribution in [0, 0.1) is 11.6 Å². The fourth-order valence-corrected chi connectivity index (χ4v) is 2.36. The van der Waals surface area contributed by atoms with Crippen molar-refractivity contribution in [1.29, 1.82) is 0 Å². The summed E-state index contributed by atoms with van der Waals surface area (Å²) in [6.45, 7) is 1.24. The third-order valence-corrected chi connectivity index (χ3v) is 3.87. The van der Waals surface area contributed by atoms with Crippen molar-refractivity contribution in [2.45, 2.75) is 19.5 Å². The number of nitrogens with one attached hydrogen (secondary N) is 1. The number of benzene rings is 2. The minimum absolute atomic E-state index is 0.0461. The highest BCUT2D eigenvalue weighted by Gasteiger charge is 2.26. The summed E-state index contributed by atoms with van der Waals surface area (Å²) in [5.41, 5.74) is 0.654. The number of carbonyl (C=O) groups is 2. The number of amides is 2. The molecule has 0 aliphatic carbocycles. The highest BCUT2D eigenvalue weighted by atomic mass is 19.1. The van der Waals surface area contributed by atoms with Crippen molar-refractivity contribution in [1.82, 2.24) is 10.2 Å². The molecule has 0 aromatic heterocycles. The first-order chi connectivity index (χ1) is 12.4. The normalized spacial score (nSPS) is 11.5. The molecule has 2 amide bonds. The zero-order chi connectivity index (χ0) is 19.1. The van der Waals surface area contributed by atoms with E-state index in [1.807, 2.05) is 0 Å². The largest absolute Gasteiger partial charge is 0.481 e. The van der Waals surface area contributed by atoms with Gasteiger partial charge in [-0.1, -0.05) is 24.3 Å². The van der Waals surface area contributed by atoms with Crippen molar-refractivity contribution < 1.29 is 23.1 Å². The van der Waals surface area contributed by atoms with Crippen LogP contribution in [0.1, 0.15) is 12.5 Å². The van der Waals surface area contributed by atoms with E-state index >= 15 is 0 Å². The molecule has 0 spiro atoms. The summed E-state index contributed by atoms with van der Waals surface area (Å²) in [6.07, 6.45) is 0. The van der Waals surface area contributed by atoms with Gasteiger partial charge in [0.05, 0.1) is 0 Å². The lowest BCUT2D eigenvalue weighted by Crippen LogP contribution is -2.48. The molecule has 26 heavy (non-hydrogen) atoms. The molecule has 2 aromatic carbocycles. The summed E-state index contributed by atoms with van der Waals surface area (Å²) in [5.74, 6) is -1.87. The Morgan fingerprint density at radius 1 is 1.12 bits per heavy atom. The fraction of sp³-hybridized carbons (Fsp3) is 0.263. The van der Waals surface area contributed by atoms with Gasteiger partial charge in [0.2, 0.25) is 5.91 Å². The second-order valence-corrected chi connectivity index (χ2v) is 5.66. The molecule has 0 fully saturated rings. The van der Waals surface area contributed by atoms with Crippen molar-refractivity contribution in [3.63, 3.8) is 0 Å². The Labute approximate surface area is 150 Å². The minimum Gasteiger partial charge on any atom is -0.481 e. The molecule has 0 aliphatic heterocycles. The molecule has 0 heterocycles. The summed E-state index contributed by atoms with van der Waals surface area (Å²) in [5, 5.41) is 2.48. The van der Waals surface area contributed by atoms with Crippen LogP contribution in [0.5, 0.6) is 5.75 Å². The SMILES string of the molecule is CNC(=O)C(C)N(Cc1ccc(F)cc1)C(=O)COc1ccccc1F. The van der Waals surface area contributed by atoms with Gasteiger partial charge in [-0.2, -0.15) is 0 Å². The Bertz CT molecular complexity index is 766. The first-order valence-electron chi connectivity index (χ1n) is 8.05. The van der Waals surface area contributed by atoms with Crippen LogP contribution in [0.25, 0.3) is 0 Å². The topological polar surface area (TPSA) is 58.6 Å². The minimum atomic E-state index is -0.776. The number of carbonyl (C=O) groups excluding carboxylic acids is 2. The van der Waals surface area contributed by atoms with Crippen LogP contribution < -0.4 is 10.1 Å². The number of hydrogen-bond acceptors (Lipinski definition) is 3. The zero-order valence-electron chi connectivity index (χ0n) is 14.5. The summed E-state index contributed by atoms with van der Waals surface area (Å²) in [4.78, 5) is 25.8. The molecular formula is C19H20F2N2O3. The molecule has 2 rings (SSSR count). The van der Waals surface area contributed by atoms with Crippen molar-refractivity contribution in [2.24, 2.45) is 0 Å². The Kier molecular flexibility index (Phi) is 6.66. The van der Waals surface area contributed by atoms with E-state index in [1.54, 1.807) is 13.0 Å². The van der Waals surface area contributed by atoms with Crippen molar-refractivity contribution in [3.8, 4) is 5.75 Å². The van der Waals surface area contributed by atoms with Gasteiger partial charge in [-0.25, -0.2) is 8.78 Å². The van der Waals surface area contributed by atoms with E-state index in [9.17, 15) is 18.4 Å². The third-order valence-electron chi connectivity index (χ3n) is 3.87. The van der Waals surface area contributed by atoms with Crippen LogP contribution in [0.3, 0.4) is 0 Å². The number of ether oxygens (including phenoxy) is 1. The molecule has 1 N–H and O–H groups in total. The van der Waals surface area contributed by atoms with E-state index in [0.29, 0.717) is 5.56 Å². The van der Waals surface area contributed by atoms with E-state index in [-0.39, 0.29) is 18.2 Å². The van der Waals surface area contributed by atoms with Gasteiger partial charge < -0.3 is 15.0 Å². The van der Waals surface area contributed by atoms with Gasteiger partial charge in [-0.15, -0.1) is 0 Å². The highest BCUT2D eigenvalue weighted by Crippen LogP contribution is 2.16. The number of para-hydroxylation sites is 1. The standard InChI is InChI=1S/C19H20F2N2O3/c1-13(19(25)22-2)23(11-14-7-9-15(20)10-8-14)18(24)12-26-17-6-4-3-5-16(17)21/h3-10,13H,11-12H2,1-2H3,(H,22,25). The summed E-state index contributed by atoms with van der Waals surface area (Å²) >= 11 is 0. The van der Waals surface area contributed by atoms with Crippen LogP contribution in [0.4, 0.5) is 8.78 Å². The van der Waals surface area contributed by atoms with Gasteiger partial charge in [0.25, 0.3) is 5.91 Å². The van der Waals surface area contributed by atoms with Gasteiger partial charge >= 0.3 is 0 Å². The monoisotopic (exact) mass is 362 g/mol. The number of nitrogens with zero attached hydrogens (tertiary/aromatic N) is 1. The molecule has 0 radical (unpaired) electrons. The molecule has 2 aromatic rings. The molecule has 1 atom stereocenters. The number of likely N-dealkylation sites (N-methyl/N-ethyl adjacent to an activating group) is 1. The smallest absolute Gasteiger partial charge is 0.261 e. The molecule has 0 bridgehead atoms. The van der Waals surface area contributed by atoms with Gasteiger partial charge in [0, 0.05) is 13.6 Å². The molecule has 1 unspecified atom stereocenters. The molecule has 7 heteroatoms. The Balaban J connectivity index is 2.13. The summed E-state index contributed by atoms with van der Waals surface area (Å²) < 4.78 is 31.9. The summed E-state index contributed by atoms with van der Waals surface area (Å²) in [6, 6.07) is 10.6. The van der Waals surface area contributed by atoms with Crippen molar-refractivity contribution in [3.05, 3.63) is 65.7 Å². The van der Waals surface area contributed by atoms with Crippen LogP contribution >= 0.6 is 0 Å². The van der Waals surface area contributed by atoms with E-state index in [1.165, 1.54) is 54.4 Å². The lowest BCUT2D eigenvalue weighted by atomic mass is 10.1. The predicted octanol–water partition coefficient (Wildman–Crippen LogP) is 2.51. The van der Waals surface area contributed by atoms with Crippen LogP contribution in [0.2, 0.25) is 0 Å². The maximum absolute atomic E-state index is 13.6. The van der Waals surface area contributed by atoms with Crippen LogP contribution in [0.15, 0.2) is 48.5 Å². The molecule has 0 saturated carbocycles. The molecule has 5 nitrogen and oxygen atoms in total. The Hall–Kier alpha value is -2.96. The third kappa shape index (κ3) is 5.02. The first-order valence-corrected chi connectivity index (χ1v) is 8.05. The van der Waals surface area contributed by atoms with E-state index in [0.717, 1.165) is 0 Å². The van der Waals surface area contributed by atoms with Gasteiger partial charge in [-0.3, -0.25) is 9.59 Å². The lowest BCUT2D eigenvalue weighted by molar-refractivity contribution is -0.142. The molecule has 0 saturated heterocycles. The van der Waals surface area contributed by atoms with E-state index in [2.05, 4.69) is 5.32 Å². The molecular weight excluding hydrogens is 342 g/mol. The van der Waals surface area contributed by atoms with Gasteiger partial charge in [-0.05, 0) is 36.8 Å². The number of rotatable bonds is 7. The van der Waals surface area contributed by atoms with Gasteiger partial charge in [0.15, 0.2) is 18.2 Å². The average molecular weight is 362 g/mol. The Morgan fingerprint density at radius 3 is 2.38 bits per heavy atom. The second kappa shape index (κ2) is 8.94. The maximum Gasteiger partial charge on any atom is 0.261 e. The summed E-state index contributed by atoms with van der Waals surface area (Å²) in [7, 11) is 1.47. The second-order valence-electron chi connectivity index (χ2n) is 5.66. The highest BCUT2D eigenvalue weighted by molar-refractivity contribution is 5.87. The maximum atomic E-state index is 13.6. The van der Waals surface area contributed by atoms with Crippen molar-refractivity contribution in [2.75, 3.05) is 13.7 Å². The van der Waals surface area contributed by atoms with E-state index < -0.39 is 30.2 Å². The predicted molar refractivity (Wildman–Crippen MR) is 92.4 cm³/mol. The average Bonchev–Trinajstić information content (AvgIpc) is 2.65.